The van der Waals surface area contributed by atoms with Crippen LogP contribution in [-0.2, 0) is 32.2 Å². The fourth-order valence-electron chi connectivity index (χ4n) is 5.07. The van der Waals surface area contributed by atoms with Crippen LogP contribution in [0.1, 0.15) is 25.3 Å². The van der Waals surface area contributed by atoms with Crippen molar-refractivity contribution in [1.82, 2.24) is 34.1 Å². The number of nitrogen functional groups attached to an aromatic ring is 1. The molecular formula is C21H24F2N8O10P2S. The molecule has 2 fully saturated rings. The summed E-state index contributed by atoms with van der Waals surface area (Å²) in [6.07, 6.45) is -3.47. The molecule has 23 heteroatoms. The van der Waals surface area contributed by atoms with Gasteiger partial charge in [0.2, 0.25) is 0 Å². The van der Waals surface area contributed by atoms with E-state index in [0.717, 1.165) is 17.1 Å². The number of hydrogen-bond donors (Lipinski definition) is 5. The maximum Gasteiger partial charge on any atom is 0.472 e. The molecule has 0 aliphatic carbocycles. The van der Waals surface area contributed by atoms with E-state index in [-0.39, 0.29) is 35.5 Å². The number of hydrogen-bond acceptors (Lipinski definition) is 13. The van der Waals surface area contributed by atoms with Crippen molar-refractivity contribution in [3.8, 4) is 0 Å². The van der Waals surface area contributed by atoms with Crippen LogP contribution >= 0.6 is 26.9 Å². The highest BCUT2D eigenvalue weighted by molar-refractivity contribution is 8.44. The summed E-state index contributed by atoms with van der Waals surface area (Å²) in [7, 11) is -4.93. The third-order valence-corrected chi connectivity index (χ3v) is 8.74. The fourth-order valence-corrected chi connectivity index (χ4v) is 6.58. The van der Waals surface area contributed by atoms with Crippen LogP contribution < -0.4 is 11.3 Å². The van der Waals surface area contributed by atoms with E-state index in [0.29, 0.717) is 0 Å². The van der Waals surface area contributed by atoms with E-state index in [2.05, 4.69) is 37.2 Å². The number of nitrogens with one attached hydrogen (secondary N) is 1. The summed E-state index contributed by atoms with van der Waals surface area (Å²) in [6, 6.07) is 0. The highest BCUT2D eigenvalue weighted by atomic mass is 32.7. The van der Waals surface area contributed by atoms with Gasteiger partial charge in [0, 0.05) is 19.0 Å². The number of thiol groups is 1. The van der Waals surface area contributed by atoms with Gasteiger partial charge in [0.25, 0.3) is 5.56 Å². The lowest BCUT2D eigenvalue weighted by Gasteiger charge is -2.23. The first-order chi connectivity index (χ1) is 20.8. The predicted molar refractivity (Wildman–Crippen MR) is 147 cm³/mol. The van der Waals surface area contributed by atoms with Gasteiger partial charge in [-0.25, -0.2) is 37.8 Å². The maximum atomic E-state index is 15.0. The van der Waals surface area contributed by atoms with E-state index >= 15 is 0 Å². The lowest BCUT2D eigenvalue weighted by atomic mass is 10.2. The Balaban J connectivity index is 1.16. The Morgan fingerprint density at radius 2 is 1.80 bits per heavy atom. The molecule has 0 spiro atoms. The number of aromatic amines is 1. The number of H-pyrrole nitrogens is 1. The number of nitrogens with zero attached hydrogens (tertiary/aromatic N) is 6. The van der Waals surface area contributed by atoms with Gasteiger partial charge in [0.1, 0.15) is 29.5 Å². The second-order valence-electron chi connectivity index (χ2n) is 9.88. The highest BCUT2D eigenvalue weighted by Crippen LogP contribution is 2.51. The molecule has 6 heterocycles. The molecule has 2 unspecified atom stereocenters. The number of imidazole rings is 1. The normalized spacial score (nSPS) is 28.5. The molecular weight excluding hydrogens is 656 g/mol. The molecule has 4 aromatic heterocycles. The van der Waals surface area contributed by atoms with Gasteiger partial charge in [-0.05, 0) is 0 Å². The molecule has 0 bridgehead atoms. The third kappa shape index (κ3) is 6.30. The van der Waals surface area contributed by atoms with Crippen molar-refractivity contribution in [2.45, 2.75) is 49.8 Å². The summed E-state index contributed by atoms with van der Waals surface area (Å²) in [6.45, 7) is -5.28. The van der Waals surface area contributed by atoms with E-state index < -0.39 is 81.5 Å². The lowest BCUT2D eigenvalue weighted by Crippen LogP contribution is -2.23. The summed E-state index contributed by atoms with van der Waals surface area (Å²) >= 11 is 3.44. The molecule has 0 amide bonds. The molecule has 238 valence electrons. The predicted octanol–water partition coefficient (Wildman–Crippen LogP) is 1.75. The third-order valence-electron chi connectivity index (χ3n) is 6.90. The zero-order chi connectivity index (χ0) is 31.4. The summed E-state index contributed by atoms with van der Waals surface area (Å²) < 4.78 is 83.4. The van der Waals surface area contributed by atoms with Crippen molar-refractivity contribution in [2.24, 2.45) is 0 Å². The number of ether oxygens (including phenoxy) is 2. The van der Waals surface area contributed by atoms with E-state index in [4.69, 9.17) is 28.8 Å². The van der Waals surface area contributed by atoms with Gasteiger partial charge in [-0.15, -0.1) is 0 Å². The zero-order valence-electron chi connectivity index (χ0n) is 22.1. The number of halogens is 2. The number of alkyl halides is 1. The average Bonchev–Trinajstić information content (AvgIpc) is 3.71. The molecule has 6 rings (SSSR count). The van der Waals surface area contributed by atoms with Gasteiger partial charge >= 0.3 is 14.6 Å². The van der Waals surface area contributed by atoms with Crippen LogP contribution in [0.25, 0.3) is 22.2 Å². The molecule has 2 aliphatic heterocycles. The highest BCUT2D eigenvalue weighted by Gasteiger charge is 2.45. The topological polar surface area (TPSA) is 241 Å². The molecule has 44 heavy (non-hydrogen) atoms. The Hall–Kier alpha value is -2.84. The van der Waals surface area contributed by atoms with Gasteiger partial charge in [-0.1, -0.05) is 12.2 Å². The number of rotatable bonds is 10. The van der Waals surface area contributed by atoms with Gasteiger partial charge < -0.3 is 34.5 Å². The van der Waals surface area contributed by atoms with Crippen LogP contribution in [-0.4, -0.2) is 81.5 Å². The summed E-state index contributed by atoms with van der Waals surface area (Å²) in [5.41, 5.74) is 5.32. The molecule has 2 aliphatic rings. The quantitative estimate of drug-likeness (QED) is 0.118. The number of phosphoric ester groups is 1. The van der Waals surface area contributed by atoms with Crippen molar-refractivity contribution in [2.75, 3.05) is 18.9 Å². The SMILES string of the molecule is Nc1ncnc2c1ncn2[C@@H]1O[C@H](COP(=O)(O)O[C@@H]2C[C@@H](COP(=O)(O)S)O[C@H]2n2cc(F)c3c(=O)[nH]cnc32)C[C@H]1F. The Bertz CT molecular complexity index is 1850. The van der Waals surface area contributed by atoms with Crippen molar-refractivity contribution in [1.29, 1.82) is 0 Å². The van der Waals surface area contributed by atoms with Gasteiger partial charge in [0.15, 0.2) is 35.4 Å². The second-order valence-corrected chi connectivity index (χ2v) is 14.0. The van der Waals surface area contributed by atoms with E-state index in [1.807, 2.05) is 0 Å². The smallest absolute Gasteiger partial charge is 0.382 e. The first-order valence-corrected chi connectivity index (χ1v) is 17.0. The monoisotopic (exact) mass is 680 g/mol. The molecule has 0 radical (unpaired) electrons. The van der Waals surface area contributed by atoms with Crippen molar-refractivity contribution >= 4 is 54.9 Å². The molecule has 18 nitrogen and oxygen atoms in total. The second kappa shape index (κ2) is 11.8. The van der Waals surface area contributed by atoms with E-state index in [1.54, 1.807) is 0 Å². The summed E-state index contributed by atoms with van der Waals surface area (Å²) in [4.78, 5) is 50.3. The minimum Gasteiger partial charge on any atom is -0.382 e. The van der Waals surface area contributed by atoms with Crippen LogP contribution in [0.5, 0.6) is 0 Å². The first kappa shape index (κ1) is 31.2. The average molecular weight is 680 g/mol. The van der Waals surface area contributed by atoms with E-state index in [1.165, 1.54) is 17.2 Å². The van der Waals surface area contributed by atoms with Crippen molar-refractivity contribution < 1.29 is 50.7 Å². The lowest BCUT2D eigenvalue weighted by molar-refractivity contribution is -0.0537. The minimum atomic E-state index is -4.93. The number of aromatic nitrogens is 7. The van der Waals surface area contributed by atoms with Crippen LogP contribution in [0.3, 0.4) is 0 Å². The maximum absolute atomic E-state index is 15.0. The Labute approximate surface area is 249 Å². The Kier molecular flexibility index (Phi) is 8.37. The van der Waals surface area contributed by atoms with Crippen LogP contribution in [0.15, 0.2) is 30.0 Å². The molecule has 0 aromatic carbocycles. The molecule has 0 saturated carbocycles. The van der Waals surface area contributed by atoms with Crippen LogP contribution in [0, 0.1) is 5.82 Å². The van der Waals surface area contributed by atoms with Gasteiger partial charge in [-0.3, -0.25) is 22.9 Å². The molecule has 4 aromatic rings. The standard InChI is InChI=1S/C21H24F2N8O10P2S/c22-11-1-9(39-20(11)31-8-29-15-16(24)25-6-27-18(15)31)4-37-42(33,34)41-13-2-10(5-38-43(35,36)44)40-21(13)30-3-12(23)14-17(30)26-7-28-19(14)32/h3,6-11,13,20-21H,1-2,4-5H2,(H,33,34)(H2,24,25,27)(H,26,28,32)(H2,35,36,44)/t9-,10-,11+,13+,20+,21+/m0/s1. The molecule has 5 N–H and O–H groups in total. The van der Waals surface area contributed by atoms with Crippen LogP contribution in [0.4, 0.5) is 14.6 Å². The number of anilines is 1. The number of nitrogens with two attached hydrogens (primary N) is 1. The van der Waals surface area contributed by atoms with Gasteiger partial charge in [-0.2, -0.15) is 0 Å². The minimum absolute atomic E-state index is 0.0950. The number of fused-ring (bicyclic) bond motifs is 2. The van der Waals surface area contributed by atoms with E-state index in [9.17, 15) is 32.5 Å². The van der Waals surface area contributed by atoms with Crippen molar-refractivity contribution in [3.05, 3.63) is 41.3 Å². The Morgan fingerprint density at radius 3 is 2.57 bits per heavy atom. The molecule has 2 saturated heterocycles. The zero-order valence-corrected chi connectivity index (χ0v) is 24.8. The Morgan fingerprint density at radius 1 is 1.07 bits per heavy atom. The van der Waals surface area contributed by atoms with Gasteiger partial charge in [0.05, 0.1) is 38.1 Å². The largest absolute Gasteiger partial charge is 0.472 e. The first-order valence-electron chi connectivity index (χ1n) is 12.8. The summed E-state index contributed by atoms with van der Waals surface area (Å²) in [5, 5.41) is -0.401. The fraction of sp³-hybridized carbons (Fsp3) is 0.476. The van der Waals surface area contributed by atoms with Crippen molar-refractivity contribution in [3.63, 3.8) is 0 Å². The number of phosphoric acid groups is 1. The summed E-state index contributed by atoms with van der Waals surface area (Å²) in [5.74, 6) is -0.860. The van der Waals surface area contributed by atoms with Crippen LogP contribution in [0.2, 0.25) is 0 Å². The molecule has 8 atom stereocenters.